The highest BCUT2D eigenvalue weighted by molar-refractivity contribution is 5.84. The molecule has 1 aliphatic heterocycles. The second-order valence-corrected chi connectivity index (χ2v) is 5.01. The van der Waals surface area contributed by atoms with Crippen molar-refractivity contribution in [3.63, 3.8) is 0 Å². The molecule has 0 saturated carbocycles. The van der Waals surface area contributed by atoms with Gasteiger partial charge in [0.1, 0.15) is 5.92 Å². The quantitative estimate of drug-likeness (QED) is 0.731. The normalized spacial score (nSPS) is 21.6. The number of carboxylic acid groups (broad SMARTS) is 1. The fourth-order valence-corrected chi connectivity index (χ4v) is 2.21. The molecule has 0 radical (unpaired) electrons. The SMILES string of the molecule is CCCN(C(=O)CN(C)C(C)=O)C1COCC1C(=O)O. The Labute approximate surface area is 118 Å². The summed E-state index contributed by atoms with van der Waals surface area (Å²) in [5, 5.41) is 9.17. The highest BCUT2D eigenvalue weighted by Gasteiger charge is 2.39. The molecule has 20 heavy (non-hydrogen) atoms. The largest absolute Gasteiger partial charge is 0.481 e. The molecule has 7 heteroatoms. The predicted molar refractivity (Wildman–Crippen MR) is 71.0 cm³/mol. The average Bonchev–Trinajstić information content (AvgIpc) is 2.84. The zero-order chi connectivity index (χ0) is 15.3. The maximum absolute atomic E-state index is 12.3. The van der Waals surface area contributed by atoms with Gasteiger partial charge >= 0.3 is 5.97 Å². The molecule has 1 saturated heterocycles. The molecule has 114 valence electrons. The zero-order valence-corrected chi connectivity index (χ0v) is 12.2. The van der Waals surface area contributed by atoms with Gasteiger partial charge in [-0.25, -0.2) is 0 Å². The van der Waals surface area contributed by atoms with Crippen LogP contribution in [0, 0.1) is 5.92 Å². The van der Waals surface area contributed by atoms with E-state index in [1.165, 1.54) is 16.7 Å². The lowest BCUT2D eigenvalue weighted by Gasteiger charge is -2.31. The van der Waals surface area contributed by atoms with E-state index in [1.807, 2.05) is 6.92 Å². The van der Waals surface area contributed by atoms with E-state index < -0.39 is 17.9 Å². The maximum atomic E-state index is 12.3. The minimum atomic E-state index is -0.957. The van der Waals surface area contributed by atoms with Gasteiger partial charge in [-0.1, -0.05) is 6.92 Å². The average molecular weight is 286 g/mol. The van der Waals surface area contributed by atoms with Gasteiger partial charge in [-0.3, -0.25) is 14.4 Å². The number of carboxylic acids is 1. The molecule has 1 aliphatic rings. The topological polar surface area (TPSA) is 87.2 Å². The van der Waals surface area contributed by atoms with Crippen LogP contribution in [0.15, 0.2) is 0 Å². The van der Waals surface area contributed by atoms with Gasteiger partial charge in [0.2, 0.25) is 11.8 Å². The number of carbonyl (C=O) groups is 3. The third-order valence-electron chi connectivity index (χ3n) is 3.46. The van der Waals surface area contributed by atoms with Gasteiger partial charge in [-0.15, -0.1) is 0 Å². The van der Waals surface area contributed by atoms with E-state index in [1.54, 1.807) is 7.05 Å². The van der Waals surface area contributed by atoms with E-state index in [4.69, 9.17) is 4.74 Å². The zero-order valence-electron chi connectivity index (χ0n) is 12.2. The van der Waals surface area contributed by atoms with E-state index >= 15 is 0 Å². The molecule has 1 heterocycles. The Morgan fingerprint density at radius 3 is 2.45 bits per heavy atom. The lowest BCUT2D eigenvalue weighted by molar-refractivity contribution is -0.146. The van der Waals surface area contributed by atoms with Gasteiger partial charge in [0.25, 0.3) is 0 Å². The van der Waals surface area contributed by atoms with Crippen molar-refractivity contribution < 1.29 is 24.2 Å². The molecule has 0 aromatic rings. The van der Waals surface area contributed by atoms with Gasteiger partial charge in [0.05, 0.1) is 25.8 Å². The molecule has 0 aliphatic carbocycles. The van der Waals surface area contributed by atoms with Crippen molar-refractivity contribution in [2.45, 2.75) is 26.3 Å². The smallest absolute Gasteiger partial charge is 0.311 e. The molecule has 2 atom stereocenters. The standard InChI is InChI=1S/C13H22N2O5/c1-4-5-15(12(17)6-14(3)9(2)16)11-8-20-7-10(11)13(18)19/h10-11H,4-8H2,1-3H3,(H,18,19). The molecule has 0 aromatic carbocycles. The Hall–Kier alpha value is -1.63. The number of carbonyl (C=O) groups excluding carboxylic acids is 2. The summed E-state index contributed by atoms with van der Waals surface area (Å²) in [6, 6.07) is -0.458. The van der Waals surface area contributed by atoms with Crippen LogP contribution in [0.2, 0.25) is 0 Å². The summed E-state index contributed by atoms with van der Waals surface area (Å²) < 4.78 is 5.21. The summed E-state index contributed by atoms with van der Waals surface area (Å²) in [5.74, 6) is -2.10. The van der Waals surface area contributed by atoms with Crippen LogP contribution in [0.3, 0.4) is 0 Å². The Morgan fingerprint density at radius 2 is 1.95 bits per heavy atom. The number of rotatable bonds is 6. The van der Waals surface area contributed by atoms with Crippen LogP contribution in [0.4, 0.5) is 0 Å². The van der Waals surface area contributed by atoms with E-state index in [2.05, 4.69) is 0 Å². The van der Waals surface area contributed by atoms with Gasteiger partial charge in [0, 0.05) is 20.5 Å². The van der Waals surface area contributed by atoms with E-state index in [0.29, 0.717) is 6.54 Å². The van der Waals surface area contributed by atoms with Crippen LogP contribution in [0.25, 0.3) is 0 Å². The van der Waals surface area contributed by atoms with Crippen molar-refractivity contribution in [1.29, 1.82) is 0 Å². The summed E-state index contributed by atoms with van der Waals surface area (Å²) in [6.07, 6.45) is 0.721. The molecule has 0 bridgehead atoms. The molecular weight excluding hydrogens is 264 g/mol. The predicted octanol–water partition coefficient (Wildman–Crippen LogP) is -0.197. The van der Waals surface area contributed by atoms with Crippen molar-refractivity contribution >= 4 is 17.8 Å². The van der Waals surface area contributed by atoms with Crippen molar-refractivity contribution in [1.82, 2.24) is 9.80 Å². The van der Waals surface area contributed by atoms with E-state index in [9.17, 15) is 19.5 Å². The highest BCUT2D eigenvalue weighted by atomic mass is 16.5. The molecule has 0 aromatic heterocycles. The van der Waals surface area contributed by atoms with Crippen molar-refractivity contribution in [2.75, 3.05) is 33.4 Å². The van der Waals surface area contributed by atoms with Gasteiger partial charge in [0.15, 0.2) is 0 Å². The molecule has 2 unspecified atom stereocenters. The van der Waals surface area contributed by atoms with Crippen molar-refractivity contribution in [2.24, 2.45) is 5.92 Å². The third-order valence-corrected chi connectivity index (χ3v) is 3.46. The minimum absolute atomic E-state index is 0.0435. The Kier molecular flexibility index (Phi) is 5.94. The van der Waals surface area contributed by atoms with E-state index in [0.717, 1.165) is 6.42 Å². The fourth-order valence-electron chi connectivity index (χ4n) is 2.21. The lowest BCUT2D eigenvalue weighted by Crippen LogP contribution is -2.50. The summed E-state index contributed by atoms with van der Waals surface area (Å²) in [7, 11) is 1.55. The minimum Gasteiger partial charge on any atom is -0.481 e. The molecule has 1 N–H and O–H groups in total. The van der Waals surface area contributed by atoms with Gasteiger partial charge in [-0.2, -0.15) is 0 Å². The van der Waals surface area contributed by atoms with Crippen LogP contribution in [-0.2, 0) is 19.1 Å². The third kappa shape index (κ3) is 3.93. The van der Waals surface area contributed by atoms with Gasteiger partial charge < -0.3 is 19.6 Å². The first-order chi connectivity index (χ1) is 9.38. The first kappa shape index (κ1) is 16.4. The van der Waals surface area contributed by atoms with Crippen LogP contribution in [0.5, 0.6) is 0 Å². The second-order valence-electron chi connectivity index (χ2n) is 5.01. The Bertz CT molecular complexity index is 385. The maximum Gasteiger partial charge on any atom is 0.311 e. The number of hydrogen-bond acceptors (Lipinski definition) is 4. The van der Waals surface area contributed by atoms with Crippen LogP contribution in [-0.4, -0.2) is 72.1 Å². The number of aliphatic carboxylic acids is 1. The number of hydrogen-bond donors (Lipinski definition) is 1. The van der Waals surface area contributed by atoms with Crippen LogP contribution >= 0.6 is 0 Å². The first-order valence-electron chi connectivity index (χ1n) is 6.70. The van der Waals surface area contributed by atoms with Crippen molar-refractivity contribution in [3.8, 4) is 0 Å². The van der Waals surface area contributed by atoms with Crippen molar-refractivity contribution in [3.05, 3.63) is 0 Å². The number of likely N-dealkylation sites (N-methyl/N-ethyl adjacent to an activating group) is 1. The molecule has 1 rings (SSSR count). The monoisotopic (exact) mass is 286 g/mol. The highest BCUT2D eigenvalue weighted by Crippen LogP contribution is 2.20. The van der Waals surface area contributed by atoms with Crippen LogP contribution in [0.1, 0.15) is 20.3 Å². The fraction of sp³-hybridized carbons (Fsp3) is 0.769. The summed E-state index contributed by atoms with van der Waals surface area (Å²) in [5.41, 5.74) is 0. The summed E-state index contributed by atoms with van der Waals surface area (Å²) in [6.45, 7) is 4.07. The lowest BCUT2D eigenvalue weighted by atomic mass is 10.0. The number of amides is 2. The number of nitrogens with zero attached hydrogens (tertiary/aromatic N) is 2. The van der Waals surface area contributed by atoms with Crippen LogP contribution < -0.4 is 0 Å². The molecule has 7 nitrogen and oxygen atoms in total. The summed E-state index contributed by atoms with van der Waals surface area (Å²) >= 11 is 0. The van der Waals surface area contributed by atoms with E-state index in [-0.39, 0.29) is 31.6 Å². The molecule has 1 fully saturated rings. The Balaban J connectivity index is 2.79. The number of ether oxygens (including phenoxy) is 1. The second kappa shape index (κ2) is 7.23. The molecule has 2 amide bonds. The molecular formula is C13H22N2O5. The summed E-state index contributed by atoms with van der Waals surface area (Å²) in [4.78, 5) is 37.5. The Morgan fingerprint density at radius 1 is 1.30 bits per heavy atom. The first-order valence-corrected chi connectivity index (χ1v) is 6.70. The molecule has 0 spiro atoms. The van der Waals surface area contributed by atoms with Gasteiger partial charge in [-0.05, 0) is 6.42 Å².